The lowest BCUT2D eigenvalue weighted by atomic mass is 10.1. The molecule has 0 aromatic heterocycles. The Morgan fingerprint density at radius 2 is 2.08 bits per heavy atom. The third kappa shape index (κ3) is 4.29. The van der Waals surface area contributed by atoms with Crippen LogP contribution in [-0.4, -0.2) is 18.9 Å². The van der Waals surface area contributed by atoms with E-state index < -0.39 is 0 Å². The van der Waals surface area contributed by atoms with Crippen LogP contribution in [0.5, 0.6) is 0 Å². The van der Waals surface area contributed by atoms with Crippen LogP contribution in [0.4, 0.5) is 0 Å². The highest BCUT2D eigenvalue weighted by Gasteiger charge is 2.11. The van der Waals surface area contributed by atoms with Crippen LogP contribution in [0.1, 0.15) is 33.6 Å². The van der Waals surface area contributed by atoms with Crippen LogP contribution in [0.3, 0.4) is 0 Å². The molecule has 0 saturated heterocycles. The van der Waals surface area contributed by atoms with Gasteiger partial charge in [0, 0.05) is 6.42 Å². The van der Waals surface area contributed by atoms with Crippen molar-refractivity contribution in [2.45, 2.75) is 39.7 Å². The van der Waals surface area contributed by atoms with Gasteiger partial charge in [0.2, 0.25) is 0 Å². The molecule has 0 aromatic carbocycles. The Hall–Kier alpha value is -0.630. The number of carbonyl (C=O) groups excluding carboxylic acids is 1. The molecule has 0 fully saturated rings. The van der Waals surface area contributed by atoms with Gasteiger partial charge in [-0.3, -0.25) is 4.79 Å². The Bertz CT molecular complexity index is 169. The highest BCUT2D eigenvalue weighted by molar-refractivity contribution is 5.83. The number of allylic oxidation sites excluding steroid dienone is 1. The van der Waals surface area contributed by atoms with Crippen LogP contribution >= 0.6 is 0 Å². The van der Waals surface area contributed by atoms with E-state index in [4.69, 9.17) is 0 Å². The summed E-state index contributed by atoms with van der Waals surface area (Å²) in [6.07, 6.45) is 3.52. The molecule has 0 aromatic rings. The number of ketones is 1. The predicted molar refractivity (Wildman–Crippen MR) is 52.2 cm³/mol. The van der Waals surface area contributed by atoms with Gasteiger partial charge in [0.05, 0.1) is 6.04 Å². The normalized spacial score (nSPS) is 12.3. The summed E-state index contributed by atoms with van der Waals surface area (Å²) < 4.78 is 0. The third-order valence-electron chi connectivity index (χ3n) is 1.85. The fourth-order valence-corrected chi connectivity index (χ4v) is 1.01. The number of carbonyl (C=O) groups is 1. The van der Waals surface area contributed by atoms with E-state index in [1.165, 1.54) is 5.57 Å². The van der Waals surface area contributed by atoms with Gasteiger partial charge >= 0.3 is 0 Å². The summed E-state index contributed by atoms with van der Waals surface area (Å²) in [5.74, 6) is 0.287. The maximum Gasteiger partial charge on any atom is 0.149 e. The van der Waals surface area contributed by atoms with Crippen molar-refractivity contribution in [1.82, 2.24) is 5.32 Å². The lowest BCUT2D eigenvalue weighted by Crippen LogP contribution is -2.32. The minimum atomic E-state index is 0.00454. The number of likely N-dealkylation sites (N-methyl/N-ethyl adjacent to an activating group) is 1. The summed E-state index contributed by atoms with van der Waals surface area (Å²) in [6, 6.07) is 0.00454. The Labute approximate surface area is 75.0 Å². The van der Waals surface area contributed by atoms with E-state index in [-0.39, 0.29) is 11.8 Å². The van der Waals surface area contributed by atoms with Gasteiger partial charge in [-0.2, -0.15) is 0 Å². The quantitative estimate of drug-likeness (QED) is 0.637. The van der Waals surface area contributed by atoms with E-state index in [0.717, 1.165) is 6.42 Å². The Kier molecular flexibility index (Phi) is 5.64. The maximum atomic E-state index is 11.3. The monoisotopic (exact) mass is 169 g/mol. The highest BCUT2D eigenvalue weighted by Crippen LogP contribution is 2.01. The van der Waals surface area contributed by atoms with E-state index in [9.17, 15) is 4.79 Å². The average molecular weight is 169 g/mol. The number of rotatable bonds is 5. The van der Waals surface area contributed by atoms with Crippen LogP contribution in [-0.2, 0) is 4.79 Å². The smallest absolute Gasteiger partial charge is 0.149 e. The zero-order valence-electron chi connectivity index (χ0n) is 8.48. The van der Waals surface area contributed by atoms with Crippen LogP contribution < -0.4 is 5.32 Å². The third-order valence-corrected chi connectivity index (χ3v) is 1.85. The Morgan fingerprint density at radius 1 is 1.50 bits per heavy atom. The SMILES string of the molecule is CCC(=O)[C@H](CC=C(C)C)NC. The van der Waals surface area contributed by atoms with E-state index in [1.807, 2.05) is 27.8 Å². The van der Waals surface area contributed by atoms with Gasteiger partial charge in [-0.1, -0.05) is 18.6 Å². The molecule has 0 radical (unpaired) electrons. The molecular weight excluding hydrogens is 150 g/mol. The van der Waals surface area contributed by atoms with E-state index in [2.05, 4.69) is 11.4 Å². The van der Waals surface area contributed by atoms with Crippen molar-refractivity contribution >= 4 is 5.78 Å². The molecule has 0 heterocycles. The molecule has 12 heavy (non-hydrogen) atoms. The van der Waals surface area contributed by atoms with Crippen LogP contribution in [0.25, 0.3) is 0 Å². The second-order valence-corrected chi connectivity index (χ2v) is 3.18. The topological polar surface area (TPSA) is 29.1 Å². The second kappa shape index (κ2) is 5.95. The van der Waals surface area contributed by atoms with Crippen molar-refractivity contribution in [3.05, 3.63) is 11.6 Å². The van der Waals surface area contributed by atoms with Gasteiger partial charge < -0.3 is 5.32 Å². The standard InChI is InChI=1S/C10H19NO/c1-5-10(12)9(11-4)7-6-8(2)3/h6,9,11H,5,7H2,1-4H3/t9-/m0/s1. The molecule has 1 N–H and O–H groups in total. The number of hydrogen-bond acceptors (Lipinski definition) is 2. The molecule has 0 unspecified atom stereocenters. The van der Waals surface area contributed by atoms with Crippen LogP contribution in [0.2, 0.25) is 0 Å². The molecule has 0 rings (SSSR count). The first-order valence-electron chi connectivity index (χ1n) is 4.45. The average Bonchev–Trinajstić information content (AvgIpc) is 2.04. The minimum absolute atomic E-state index is 0.00454. The van der Waals surface area contributed by atoms with Crippen molar-refractivity contribution in [3.63, 3.8) is 0 Å². The van der Waals surface area contributed by atoms with E-state index in [0.29, 0.717) is 6.42 Å². The van der Waals surface area contributed by atoms with Gasteiger partial charge in [0.1, 0.15) is 5.78 Å². The van der Waals surface area contributed by atoms with Crippen molar-refractivity contribution in [3.8, 4) is 0 Å². The van der Waals surface area contributed by atoms with E-state index in [1.54, 1.807) is 0 Å². The summed E-state index contributed by atoms with van der Waals surface area (Å²) in [7, 11) is 1.83. The molecule has 0 aliphatic rings. The molecule has 0 aliphatic carbocycles. The van der Waals surface area contributed by atoms with E-state index >= 15 is 0 Å². The first kappa shape index (κ1) is 11.4. The highest BCUT2D eigenvalue weighted by atomic mass is 16.1. The van der Waals surface area contributed by atoms with Crippen LogP contribution in [0.15, 0.2) is 11.6 Å². The molecule has 0 aliphatic heterocycles. The second-order valence-electron chi connectivity index (χ2n) is 3.18. The summed E-state index contributed by atoms with van der Waals surface area (Å²) in [5.41, 5.74) is 1.26. The van der Waals surface area contributed by atoms with Crippen molar-refractivity contribution in [1.29, 1.82) is 0 Å². The van der Waals surface area contributed by atoms with Crippen LogP contribution in [0, 0.1) is 0 Å². The number of nitrogens with one attached hydrogen (secondary N) is 1. The molecule has 0 amide bonds. The lowest BCUT2D eigenvalue weighted by molar-refractivity contribution is -0.120. The molecule has 0 saturated carbocycles. The minimum Gasteiger partial charge on any atom is -0.310 e. The Balaban J connectivity index is 4.00. The molecule has 0 spiro atoms. The summed E-state index contributed by atoms with van der Waals surface area (Å²) in [6.45, 7) is 5.99. The van der Waals surface area contributed by atoms with Gasteiger partial charge in [0.25, 0.3) is 0 Å². The first-order valence-corrected chi connectivity index (χ1v) is 4.45. The molecule has 2 nitrogen and oxygen atoms in total. The predicted octanol–water partition coefficient (Wildman–Crippen LogP) is 1.91. The number of Topliss-reactive ketones (excluding diaryl/α,β-unsaturated/α-hetero) is 1. The van der Waals surface area contributed by atoms with Gasteiger partial charge in [-0.15, -0.1) is 0 Å². The fourth-order valence-electron chi connectivity index (χ4n) is 1.01. The lowest BCUT2D eigenvalue weighted by Gasteiger charge is -2.11. The first-order chi connectivity index (χ1) is 5.61. The van der Waals surface area contributed by atoms with Gasteiger partial charge in [-0.25, -0.2) is 0 Å². The maximum absolute atomic E-state index is 11.3. The summed E-state index contributed by atoms with van der Waals surface area (Å²) in [5, 5.41) is 3.01. The van der Waals surface area contributed by atoms with Gasteiger partial charge in [-0.05, 0) is 27.3 Å². The summed E-state index contributed by atoms with van der Waals surface area (Å²) in [4.78, 5) is 11.3. The largest absolute Gasteiger partial charge is 0.310 e. The van der Waals surface area contributed by atoms with Crippen molar-refractivity contribution < 1.29 is 4.79 Å². The Morgan fingerprint density at radius 3 is 2.42 bits per heavy atom. The molecule has 70 valence electrons. The number of hydrogen-bond donors (Lipinski definition) is 1. The van der Waals surface area contributed by atoms with Gasteiger partial charge in [0.15, 0.2) is 0 Å². The molecular formula is C10H19NO. The summed E-state index contributed by atoms with van der Waals surface area (Å²) >= 11 is 0. The molecule has 0 bridgehead atoms. The van der Waals surface area contributed by atoms with Crippen molar-refractivity contribution in [2.75, 3.05) is 7.05 Å². The zero-order valence-corrected chi connectivity index (χ0v) is 8.48. The molecule has 2 heteroatoms. The van der Waals surface area contributed by atoms with Crippen molar-refractivity contribution in [2.24, 2.45) is 0 Å². The zero-order chi connectivity index (χ0) is 9.56. The fraction of sp³-hybridized carbons (Fsp3) is 0.700. The molecule has 1 atom stereocenters.